The SMILES string of the molecule is CCC(=O)O.O=C(O)c1cccc2ccccc12. The van der Waals surface area contributed by atoms with Gasteiger partial charge in [-0.3, -0.25) is 4.79 Å². The summed E-state index contributed by atoms with van der Waals surface area (Å²) in [6.45, 7) is 1.60. The molecule has 0 aromatic heterocycles. The van der Waals surface area contributed by atoms with Crippen molar-refractivity contribution in [1.82, 2.24) is 0 Å². The number of hydrogen-bond donors (Lipinski definition) is 2. The van der Waals surface area contributed by atoms with Gasteiger partial charge in [0.1, 0.15) is 0 Å². The quantitative estimate of drug-likeness (QED) is 0.854. The first kappa shape index (κ1) is 13.7. The summed E-state index contributed by atoms with van der Waals surface area (Å²) in [6, 6.07) is 12.7. The molecule has 0 heterocycles. The van der Waals surface area contributed by atoms with Gasteiger partial charge in [0, 0.05) is 6.42 Å². The Bertz CT molecular complexity index is 555. The molecule has 0 aliphatic carbocycles. The molecule has 0 saturated carbocycles. The molecule has 0 saturated heterocycles. The van der Waals surface area contributed by atoms with Crippen molar-refractivity contribution in [1.29, 1.82) is 0 Å². The Morgan fingerprint density at radius 2 is 1.56 bits per heavy atom. The molecule has 2 aromatic rings. The number of aliphatic carboxylic acids is 1. The maximum Gasteiger partial charge on any atom is 0.336 e. The van der Waals surface area contributed by atoms with Crippen LogP contribution in [0.4, 0.5) is 0 Å². The highest BCUT2D eigenvalue weighted by Crippen LogP contribution is 2.17. The lowest BCUT2D eigenvalue weighted by atomic mass is 10.1. The molecule has 0 amide bonds. The average Bonchev–Trinajstić information content (AvgIpc) is 2.38. The first-order chi connectivity index (χ1) is 8.56. The van der Waals surface area contributed by atoms with E-state index in [1.807, 2.05) is 30.3 Å². The summed E-state index contributed by atoms with van der Waals surface area (Å²) >= 11 is 0. The fraction of sp³-hybridized carbons (Fsp3) is 0.143. The highest BCUT2D eigenvalue weighted by atomic mass is 16.4. The maximum absolute atomic E-state index is 10.8. The minimum absolute atomic E-state index is 0.222. The summed E-state index contributed by atoms with van der Waals surface area (Å²) in [6.07, 6.45) is 0.222. The van der Waals surface area contributed by atoms with Gasteiger partial charge in [0.25, 0.3) is 0 Å². The smallest absolute Gasteiger partial charge is 0.336 e. The highest BCUT2D eigenvalue weighted by molar-refractivity contribution is 6.03. The number of carbonyl (C=O) groups is 2. The van der Waals surface area contributed by atoms with E-state index in [2.05, 4.69) is 0 Å². The topological polar surface area (TPSA) is 74.6 Å². The van der Waals surface area contributed by atoms with E-state index in [4.69, 9.17) is 10.2 Å². The molecular formula is C14H14O4. The van der Waals surface area contributed by atoms with Crippen molar-refractivity contribution in [3.8, 4) is 0 Å². The van der Waals surface area contributed by atoms with Crippen molar-refractivity contribution < 1.29 is 19.8 Å². The van der Waals surface area contributed by atoms with Gasteiger partial charge >= 0.3 is 11.9 Å². The Morgan fingerprint density at radius 1 is 1.00 bits per heavy atom. The van der Waals surface area contributed by atoms with E-state index in [0.717, 1.165) is 10.8 Å². The second-order valence-corrected chi connectivity index (χ2v) is 3.58. The van der Waals surface area contributed by atoms with Crippen LogP contribution in [0.1, 0.15) is 23.7 Å². The van der Waals surface area contributed by atoms with Crippen molar-refractivity contribution in [2.24, 2.45) is 0 Å². The van der Waals surface area contributed by atoms with Crippen LogP contribution in [0.25, 0.3) is 10.8 Å². The average molecular weight is 246 g/mol. The molecule has 4 heteroatoms. The van der Waals surface area contributed by atoms with Crippen LogP contribution >= 0.6 is 0 Å². The summed E-state index contributed by atoms with van der Waals surface area (Å²) in [5.41, 5.74) is 0.359. The Morgan fingerprint density at radius 3 is 2.11 bits per heavy atom. The molecule has 2 N–H and O–H groups in total. The van der Waals surface area contributed by atoms with E-state index < -0.39 is 11.9 Å². The first-order valence-corrected chi connectivity index (χ1v) is 5.49. The van der Waals surface area contributed by atoms with E-state index in [-0.39, 0.29) is 6.42 Å². The zero-order valence-corrected chi connectivity index (χ0v) is 9.96. The van der Waals surface area contributed by atoms with Crippen LogP contribution in [0.3, 0.4) is 0 Å². The highest BCUT2D eigenvalue weighted by Gasteiger charge is 2.05. The Kier molecular flexibility index (Phi) is 4.87. The van der Waals surface area contributed by atoms with Gasteiger partial charge in [-0.25, -0.2) is 4.79 Å². The van der Waals surface area contributed by atoms with E-state index in [1.54, 1.807) is 19.1 Å². The Hall–Kier alpha value is -2.36. The summed E-state index contributed by atoms with van der Waals surface area (Å²) in [4.78, 5) is 20.2. The van der Waals surface area contributed by atoms with Gasteiger partial charge in [-0.05, 0) is 16.8 Å². The van der Waals surface area contributed by atoms with Crippen LogP contribution in [0.2, 0.25) is 0 Å². The largest absolute Gasteiger partial charge is 0.481 e. The molecule has 0 bridgehead atoms. The molecule has 0 radical (unpaired) electrons. The molecule has 0 unspecified atom stereocenters. The van der Waals surface area contributed by atoms with Gasteiger partial charge in [0.05, 0.1) is 5.56 Å². The van der Waals surface area contributed by atoms with Crippen LogP contribution in [-0.4, -0.2) is 22.2 Å². The number of carboxylic acid groups (broad SMARTS) is 2. The zero-order chi connectivity index (χ0) is 13.5. The molecule has 2 aromatic carbocycles. The van der Waals surface area contributed by atoms with Gasteiger partial charge in [-0.2, -0.15) is 0 Å². The van der Waals surface area contributed by atoms with Crippen molar-refractivity contribution in [3.63, 3.8) is 0 Å². The molecule has 0 aliphatic rings. The lowest BCUT2D eigenvalue weighted by molar-refractivity contribution is -0.136. The van der Waals surface area contributed by atoms with Crippen molar-refractivity contribution in [2.75, 3.05) is 0 Å². The monoisotopic (exact) mass is 246 g/mol. The zero-order valence-electron chi connectivity index (χ0n) is 9.96. The van der Waals surface area contributed by atoms with Crippen molar-refractivity contribution >= 4 is 22.7 Å². The second-order valence-electron chi connectivity index (χ2n) is 3.58. The van der Waals surface area contributed by atoms with E-state index in [0.29, 0.717) is 5.56 Å². The van der Waals surface area contributed by atoms with Gasteiger partial charge in [-0.15, -0.1) is 0 Å². The molecule has 2 rings (SSSR count). The molecule has 0 aliphatic heterocycles. The van der Waals surface area contributed by atoms with E-state index in [1.165, 1.54) is 0 Å². The molecule has 4 nitrogen and oxygen atoms in total. The molecule has 94 valence electrons. The van der Waals surface area contributed by atoms with E-state index >= 15 is 0 Å². The Labute approximate surface area is 104 Å². The van der Waals surface area contributed by atoms with E-state index in [9.17, 15) is 9.59 Å². The van der Waals surface area contributed by atoms with Crippen molar-refractivity contribution in [3.05, 3.63) is 48.0 Å². The Balaban J connectivity index is 0.000000280. The van der Waals surface area contributed by atoms with Crippen molar-refractivity contribution in [2.45, 2.75) is 13.3 Å². The van der Waals surface area contributed by atoms with Gasteiger partial charge in [0.15, 0.2) is 0 Å². The third-order valence-electron chi connectivity index (χ3n) is 2.32. The van der Waals surface area contributed by atoms with Gasteiger partial charge in [0.2, 0.25) is 0 Å². The lowest BCUT2D eigenvalue weighted by Crippen LogP contribution is -1.96. The summed E-state index contributed by atoms with van der Waals surface area (Å²) in [5, 5.41) is 18.4. The van der Waals surface area contributed by atoms with Gasteiger partial charge < -0.3 is 10.2 Å². The third kappa shape index (κ3) is 3.59. The summed E-state index contributed by atoms with van der Waals surface area (Å²) in [7, 11) is 0. The number of hydrogen-bond acceptors (Lipinski definition) is 2. The first-order valence-electron chi connectivity index (χ1n) is 5.49. The fourth-order valence-corrected chi connectivity index (χ4v) is 1.41. The minimum atomic E-state index is -0.878. The third-order valence-corrected chi connectivity index (χ3v) is 2.32. The molecule has 18 heavy (non-hydrogen) atoms. The molecular weight excluding hydrogens is 232 g/mol. The van der Waals surface area contributed by atoms with Crippen LogP contribution in [0, 0.1) is 0 Å². The maximum atomic E-state index is 10.8. The fourth-order valence-electron chi connectivity index (χ4n) is 1.41. The van der Waals surface area contributed by atoms with Crippen LogP contribution in [-0.2, 0) is 4.79 Å². The van der Waals surface area contributed by atoms with Crippen LogP contribution in [0.5, 0.6) is 0 Å². The molecule has 0 fully saturated rings. The molecule has 0 spiro atoms. The predicted octanol–water partition coefficient (Wildman–Crippen LogP) is 3.02. The summed E-state index contributed by atoms with van der Waals surface area (Å²) in [5.74, 6) is -1.62. The minimum Gasteiger partial charge on any atom is -0.481 e. The standard InChI is InChI=1S/C11H8O2.C3H6O2/c12-11(13)10-7-3-5-8-4-1-2-6-9(8)10;1-2-3(4)5/h1-7H,(H,12,13);2H2,1H3,(H,4,5). The second kappa shape index (κ2) is 6.39. The number of fused-ring (bicyclic) bond motifs is 1. The predicted molar refractivity (Wildman–Crippen MR) is 68.8 cm³/mol. The number of rotatable bonds is 2. The normalized spacial score (nSPS) is 9.39. The van der Waals surface area contributed by atoms with Gasteiger partial charge in [-0.1, -0.05) is 43.3 Å². The summed E-state index contributed by atoms with van der Waals surface area (Å²) < 4.78 is 0. The number of carboxylic acids is 2. The van der Waals surface area contributed by atoms with Crippen LogP contribution < -0.4 is 0 Å². The number of aromatic carboxylic acids is 1. The molecule has 0 atom stereocenters. The van der Waals surface area contributed by atoms with Crippen LogP contribution in [0.15, 0.2) is 42.5 Å². The number of benzene rings is 2. The lowest BCUT2D eigenvalue weighted by Gasteiger charge is -2.00.